The van der Waals surface area contributed by atoms with E-state index in [0.717, 1.165) is 40.1 Å². The molecule has 2 amide bonds. The van der Waals surface area contributed by atoms with Gasteiger partial charge in [0.05, 0.1) is 18.3 Å². The molecule has 1 fully saturated rings. The van der Waals surface area contributed by atoms with Crippen LogP contribution in [0.3, 0.4) is 0 Å². The summed E-state index contributed by atoms with van der Waals surface area (Å²) in [6, 6.07) is 5.93. The number of ether oxygens (including phenoxy) is 1. The molecule has 1 aromatic carbocycles. The maximum absolute atomic E-state index is 13.6. The van der Waals surface area contributed by atoms with E-state index in [1.54, 1.807) is 4.90 Å². The fraction of sp³-hybridized carbons (Fsp3) is 0.500. The molecule has 0 radical (unpaired) electrons. The van der Waals surface area contributed by atoms with Crippen LogP contribution in [0.15, 0.2) is 22.7 Å². The minimum Gasteiger partial charge on any atom is -0.447 e. The quantitative estimate of drug-likeness (QED) is 0.738. The molecule has 3 aliphatic rings. The van der Waals surface area contributed by atoms with Crippen molar-refractivity contribution in [2.24, 2.45) is 0 Å². The predicted octanol–water partition coefficient (Wildman–Crippen LogP) is 3.70. The number of benzene rings is 1. The molecule has 2 aliphatic heterocycles. The number of rotatable bonds is 3. The van der Waals surface area contributed by atoms with Gasteiger partial charge in [-0.15, -0.1) is 0 Å². The van der Waals surface area contributed by atoms with Crippen LogP contribution in [0.5, 0.6) is 0 Å². The second-order valence-electron chi connectivity index (χ2n) is 8.74. The molecule has 1 N–H and O–H groups in total. The molecule has 0 unspecified atom stereocenters. The summed E-state index contributed by atoms with van der Waals surface area (Å²) >= 11 is 3.54. The van der Waals surface area contributed by atoms with Gasteiger partial charge in [0.25, 0.3) is 0 Å². The molecule has 0 atom stereocenters. The van der Waals surface area contributed by atoms with Crippen LogP contribution in [-0.4, -0.2) is 46.1 Å². The number of aromatic amines is 1. The highest BCUT2D eigenvalue weighted by Gasteiger charge is 2.59. The predicted molar refractivity (Wildman–Crippen MR) is 115 cm³/mol. The van der Waals surface area contributed by atoms with E-state index in [9.17, 15) is 9.59 Å². The molecule has 1 spiro atoms. The number of fused-ring (bicyclic) bond motifs is 3. The van der Waals surface area contributed by atoms with E-state index in [1.807, 2.05) is 36.9 Å². The van der Waals surface area contributed by atoms with E-state index in [1.165, 1.54) is 18.5 Å². The Morgan fingerprint density at radius 3 is 2.80 bits per heavy atom. The highest BCUT2D eigenvalue weighted by molar-refractivity contribution is 9.10. The van der Waals surface area contributed by atoms with Crippen LogP contribution in [0.2, 0.25) is 0 Å². The minimum atomic E-state index is -0.707. The molecule has 5 rings (SSSR count). The number of nitrogens with zero attached hydrogens (tertiary/aromatic N) is 3. The van der Waals surface area contributed by atoms with Gasteiger partial charge in [-0.1, -0.05) is 15.9 Å². The SMILES string of the molecule is CC(C)OC(=O)N1CC2(C1)C(=O)N(Cc1nc3c([nH]1)CCCC3)c1ccc(Br)cc12. The van der Waals surface area contributed by atoms with Gasteiger partial charge in [-0.3, -0.25) is 4.79 Å². The molecule has 30 heavy (non-hydrogen) atoms. The summed E-state index contributed by atoms with van der Waals surface area (Å²) in [5, 5.41) is 0. The molecular weight excluding hydrogens is 448 g/mol. The number of hydrogen-bond donors (Lipinski definition) is 1. The smallest absolute Gasteiger partial charge is 0.410 e. The van der Waals surface area contributed by atoms with Gasteiger partial charge in [-0.2, -0.15) is 0 Å². The van der Waals surface area contributed by atoms with Gasteiger partial charge >= 0.3 is 6.09 Å². The number of carbonyl (C=O) groups excluding carboxylic acids is 2. The van der Waals surface area contributed by atoms with Crippen molar-refractivity contribution >= 4 is 33.6 Å². The first-order valence-electron chi connectivity index (χ1n) is 10.5. The minimum absolute atomic E-state index is 0.0265. The monoisotopic (exact) mass is 472 g/mol. The lowest BCUT2D eigenvalue weighted by Crippen LogP contribution is -2.65. The number of nitrogens with one attached hydrogen (secondary N) is 1. The molecule has 2 aromatic rings. The average Bonchev–Trinajstić information content (AvgIpc) is 3.17. The number of hydrogen-bond acceptors (Lipinski definition) is 4. The van der Waals surface area contributed by atoms with Crippen molar-refractivity contribution in [3.8, 4) is 0 Å². The van der Waals surface area contributed by atoms with Crippen molar-refractivity contribution in [2.75, 3.05) is 18.0 Å². The first-order chi connectivity index (χ1) is 14.4. The molecular formula is C22H25BrN4O3. The number of amides is 2. The highest BCUT2D eigenvalue weighted by Crippen LogP contribution is 2.48. The second kappa shape index (κ2) is 7.11. The first-order valence-corrected chi connectivity index (χ1v) is 11.3. The van der Waals surface area contributed by atoms with Crippen LogP contribution in [-0.2, 0) is 34.3 Å². The van der Waals surface area contributed by atoms with E-state index in [0.29, 0.717) is 19.6 Å². The van der Waals surface area contributed by atoms with Crippen molar-refractivity contribution < 1.29 is 14.3 Å². The van der Waals surface area contributed by atoms with E-state index < -0.39 is 5.41 Å². The topological polar surface area (TPSA) is 78.5 Å². The van der Waals surface area contributed by atoms with Crippen molar-refractivity contribution in [1.29, 1.82) is 0 Å². The average molecular weight is 473 g/mol. The maximum Gasteiger partial charge on any atom is 0.410 e. The van der Waals surface area contributed by atoms with Gasteiger partial charge in [-0.25, -0.2) is 9.78 Å². The third-order valence-electron chi connectivity index (χ3n) is 6.25. The fourth-order valence-corrected chi connectivity index (χ4v) is 5.18. The largest absolute Gasteiger partial charge is 0.447 e. The molecule has 0 bridgehead atoms. The Kier molecular flexibility index (Phi) is 4.65. The van der Waals surface area contributed by atoms with Gasteiger partial charge in [0.15, 0.2) is 0 Å². The Hall–Kier alpha value is -2.35. The van der Waals surface area contributed by atoms with Crippen LogP contribution in [0.25, 0.3) is 0 Å². The summed E-state index contributed by atoms with van der Waals surface area (Å²) in [5.41, 5.74) is 3.50. The Labute approximate surface area is 183 Å². The maximum atomic E-state index is 13.6. The molecule has 1 aromatic heterocycles. The lowest BCUT2D eigenvalue weighted by atomic mass is 9.75. The van der Waals surface area contributed by atoms with E-state index >= 15 is 0 Å². The van der Waals surface area contributed by atoms with Crippen LogP contribution in [0.1, 0.15) is 49.5 Å². The number of carbonyl (C=O) groups is 2. The number of imidazole rings is 1. The second-order valence-corrected chi connectivity index (χ2v) is 9.65. The Morgan fingerprint density at radius 1 is 1.30 bits per heavy atom. The third-order valence-corrected chi connectivity index (χ3v) is 6.74. The Balaban J connectivity index is 1.43. The number of H-pyrrole nitrogens is 1. The van der Waals surface area contributed by atoms with Gasteiger partial charge in [0.2, 0.25) is 5.91 Å². The molecule has 158 valence electrons. The summed E-state index contributed by atoms with van der Waals surface area (Å²) in [7, 11) is 0. The molecule has 0 saturated carbocycles. The normalized spacial score (nSPS) is 19.1. The number of anilines is 1. The molecule has 1 saturated heterocycles. The summed E-state index contributed by atoms with van der Waals surface area (Å²) in [4.78, 5) is 37.5. The summed E-state index contributed by atoms with van der Waals surface area (Å²) in [6.07, 6.45) is 3.83. The number of likely N-dealkylation sites (tertiary alicyclic amines) is 1. The standard InChI is InChI=1S/C22H25BrN4O3/c1-13(2)30-21(29)26-11-22(12-26)15-9-14(23)7-8-18(15)27(20(22)28)10-19-24-16-5-3-4-6-17(16)25-19/h7-9,13H,3-6,10-12H2,1-2H3,(H,24,25). The van der Waals surface area contributed by atoms with Gasteiger partial charge < -0.3 is 19.5 Å². The lowest BCUT2D eigenvalue weighted by Gasteiger charge is -2.46. The van der Waals surface area contributed by atoms with Crippen LogP contribution in [0, 0.1) is 0 Å². The van der Waals surface area contributed by atoms with Crippen molar-refractivity contribution in [1.82, 2.24) is 14.9 Å². The molecule has 7 nitrogen and oxygen atoms in total. The lowest BCUT2D eigenvalue weighted by molar-refractivity contribution is -0.128. The van der Waals surface area contributed by atoms with Crippen molar-refractivity contribution in [2.45, 2.75) is 57.6 Å². The Morgan fingerprint density at radius 2 is 2.07 bits per heavy atom. The van der Waals surface area contributed by atoms with Gasteiger partial charge in [-0.05, 0) is 63.3 Å². The number of aryl methyl sites for hydroxylation is 2. The zero-order chi connectivity index (χ0) is 21.0. The highest BCUT2D eigenvalue weighted by atomic mass is 79.9. The number of halogens is 1. The van der Waals surface area contributed by atoms with Crippen LogP contribution in [0.4, 0.5) is 10.5 Å². The summed E-state index contributed by atoms with van der Waals surface area (Å²) < 4.78 is 6.23. The third kappa shape index (κ3) is 3.04. The Bertz CT molecular complexity index is 1000. The van der Waals surface area contributed by atoms with E-state index in [4.69, 9.17) is 9.72 Å². The van der Waals surface area contributed by atoms with Crippen molar-refractivity contribution in [3.05, 3.63) is 45.4 Å². The molecule has 3 heterocycles. The number of aromatic nitrogens is 2. The van der Waals surface area contributed by atoms with Crippen LogP contribution >= 0.6 is 15.9 Å². The van der Waals surface area contributed by atoms with E-state index in [-0.39, 0.29) is 18.1 Å². The molecule has 8 heteroatoms. The van der Waals surface area contributed by atoms with E-state index in [2.05, 4.69) is 20.9 Å². The summed E-state index contributed by atoms with van der Waals surface area (Å²) in [5.74, 6) is 0.857. The zero-order valence-corrected chi connectivity index (χ0v) is 18.8. The summed E-state index contributed by atoms with van der Waals surface area (Å²) in [6.45, 7) is 4.74. The van der Waals surface area contributed by atoms with Gasteiger partial charge in [0.1, 0.15) is 11.2 Å². The van der Waals surface area contributed by atoms with Crippen LogP contribution < -0.4 is 4.90 Å². The first kappa shape index (κ1) is 19.6. The molecule has 1 aliphatic carbocycles. The zero-order valence-electron chi connectivity index (χ0n) is 17.2. The van der Waals surface area contributed by atoms with Gasteiger partial charge in [0, 0.05) is 28.9 Å². The fourth-order valence-electron chi connectivity index (χ4n) is 4.82. The van der Waals surface area contributed by atoms with Crippen molar-refractivity contribution in [3.63, 3.8) is 0 Å².